The van der Waals surface area contributed by atoms with Crippen LogP contribution in [0.15, 0.2) is 53.5 Å². The van der Waals surface area contributed by atoms with E-state index in [1.54, 1.807) is 12.1 Å². The molecule has 3 nitrogen and oxygen atoms in total. The number of nitrogens with zero attached hydrogens (tertiary/aromatic N) is 2. The number of halogens is 1. The average molecular weight is 380 g/mol. The molecule has 1 saturated carbocycles. The van der Waals surface area contributed by atoms with Gasteiger partial charge in [-0.25, -0.2) is 4.39 Å². The topological polar surface area (TPSA) is 27.6 Å². The van der Waals surface area contributed by atoms with Gasteiger partial charge in [0.1, 0.15) is 11.7 Å². The standard InChI is InChI=1S/C24H30FN3/c1-2-18-6-5-7-19(16-18)17-28-15-14-26-23(20-10-12-21(25)13-11-20)24(28)27-22-8-3-4-9-22/h5-7,10-13,16,22-23,26H,2-4,8-9,14-15,17H2,1H3/b27-24-. The molecule has 1 aliphatic carbocycles. The van der Waals surface area contributed by atoms with Gasteiger partial charge in [-0.05, 0) is 48.1 Å². The van der Waals surface area contributed by atoms with Gasteiger partial charge < -0.3 is 10.2 Å². The second-order valence-electron chi connectivity index (χ2n) is 7.96. The molecule has 1 unspecified atom stereocenters. The van der Waals surface area contributed by atoms with Gasteiger partial charge in [-0.1, -0.05) is 56.2 Å². The van der Waals surface area contributed by atoms with Crippen molar-refractivity contribution in [1.82, 2.24) is 10.2 Å². The zero-order valence-electron chi connectivity index (χ0n) is 16.7. The molecule has 4 heteroatoms. The predicted octanol–water partition coefficient (Wildman–Crippen LogP) is 4.88. The van der Waals surface area contributed by atoms with Crippen molar-refractivity contribution in [2.24, 2.45) is 4.99 Å². The lowest BCUT2D eigenvalue weighted by atomic mass is 10.0. The van der Waals surface area contributed by atoms with Crippen molar-refractivity contribution in [2.75, 3.05) is 13.1 Å². The summed E-state index contributed by atoms with van der Waals surface area (Å²) in [5.74, 6) is 0.925. The summed E-state index contributed by atoms with van der Waals surface area (Å²) in [5.41, 5.74) is 3.79. The lowest BCUT2D eigenvalue weighted by molar-refractivity contribution is 0.341. The maximum absolute atomic E-state index is 13.5. The zero-order valence-corrected chi connectivity index (χ0v) is 16.7. The molecule has 1 saturated heterocycles. The first-order chi connectivity index (χ1) is 13.7. The quantitative estimate of drug-likeness (QED) is 0.802. The van der Waals surface area contributed by atoms with Gasteiger partial charge in [0.15, 0.2) is 0 Å². The third-order valence-corrected chi connectivity index (χ3v) is 5.93. The molecule has 0 radical (unpaired) electrons. The van der Waals surface area contributed by atoms with Crippen LogP contribution in [-0.2, 0) is 13.0 Å². The van der Waals surface area contributed by atoms with Gasteiger partial charge in [0, 0.05) is 19.6 Å². The molecule has 0 amide bonds. The molecular formula is C24H30FN3. The Morgan fingerprint density at radius 3 is 2.57 bits per heavy atom. The molecule has 1 heterocycles. The summed E-state index contributed by atoms with van der Waals surface area (Å²) in [6, 6.07) is 16.2. The maximum atomic E-state index is 13.5. The van der Waals surface area contributed by atoms with Crippen LogP contribution in [0.25, 0.3) is 0 Å². The molecule has 2 aliphatic rings. The molecule has 1 aliphatic heterocycles. The number of benzene rings is 2. The van der Waals surface area contributed by atoms with E-state index in [-0.39, 0.29) is 11.9 Å². The van der Waals surface area contributed by atoms with Crippen molar-refractivity contribution < 1.29 is 4.39 Å². The first kappa shape index (κ1) is 19.1. The Kier molecular flexibility index (Phi) is 6.06. The Balaban J connectivity index is 1.63. The van der Waals surface area contributed by atoms with Crippen molar-refractivity contribution in [3.63, 3.8) is 0 Å². The van der Waals surface area contributed by atoms with Gasteiger partial charge in [0.2, 0.25) is 0 Å². The van der Waals surface area contributed by atoms with Crippen LogP contribution in [-0.4, -0.2) is 29.9 Å². The fourth-order valence-electron chi connectivity index (χ4n) is 4.36. The summed E-state index contributed by atoms with van der Waals surface area (Å²) in [5, 5.41) is 3.62. The highest BCUT2D eigenvalue weighted by molar-refractivity contribution is 5.89. The number of hydrogen-bond donors (Lipinski definition) is 1. The Labute approximate surface area is 167 Å². The summed E-state index contributed by atoms with van der Waals surface area (Å²) >= 11 is 0. The number of hydrogen-bond acceptors (Lipinski definition) is 2. The Morgan fingerprint density at radius 1 is 1.07 bits per heavy atom. The van der Waals surface area contributed by atoms with Crippen LogP contribution < -0.4 is 5.32 Å². The molecule has 148 valence electrons. The number of aliphatic imine (C=N–C) groups is 1. The van der Waals surface area contributed by atoms with Crippen LogP contribution in [0.5, 0.6) is 0 Å². The van der Waals surface area contributed by atoms with Crippen LogP contribution in [0.1, 0.15) is 55.3 Å². The van der Waals surface area contributed by atoms with Gasteiger partial charge in [-0.15, -0.1) is 0 Å². The molecule has 1 atom stereocenters. The minimum absolute atomic E-state index is 0.0318. The zero-order chi connectivity index (χ0) is 19.3. The molecule has 4 rings (SSSR count). The van der Waals surface area contributed by atoms with Crippen molar-refractivity contribution >= 4 is 5.84 Å². The van der Waals surface area contributed by atoms with Crippen molar-refractivity contribution in [2.45, 2.75) is 57.7 Å². The van der Waals surface area contributed by atoms with E-state index < -0.39 is 0 Å². The summed E-state index contributed by atoms with van der Waals surface area (Å²) < 4.78 is 13.5. The van der Waals surface area contributed by atoms with E-state index in [1.165, 1.54) is 36.8 Å². The minimum atomic E-state index is -0.193. The van der Waals surface area contributed by atoms with Crippen molar-refractivity contribution in [1.29, 1.82) is 0 Å². The second-order valence-corrected chi connectivity index (χ2v) is 7.96. The van der Waals surface area contributed by atoms with E-state index in [0.717, 1.165) is 37.5 Å². The number of amidine groups is 1. The summed E-state index contributed by atoms with van der Waals surface area (Å²) in [4.78, 5) is 7.65. The number of nitrogens with one attached hydrogen (secondary N) is 1. The van der Waals surface area contributed by atoms with Gasteiger partial charge in [-0.3, -0.25) is 4.99 Å². The van der Waals surface area contributed by atoms with E-state index in [9.17, 15) is 4.39 Å². The van der Waals surface area contributed by atoms with Crippen LogP contribution in [0, 0.1) is 5.82 Å². The lowest BCUT2D eigenvalue weighted by Gasteiger charge is -2.37. The Bertz CT molecular complexity index is 809. The van der Waals surface area contributed by atoms with Crippen molar-refractivity contribution in [3.05, 3.63) is 71.0 Å². The number of rotatable bonds is 5. The molecule has 2 aromatic rings. The second kappa shape index (κ2) is 8.87. The van der Waals surface area contributed by atoms with E-state index in [0.29, 0.717) is 6.04 Å². The fraction of sp³-hybridized carbons (Fsp3) is 0.458. The van der Waals surface area contributed by atoms with Crippen LogP contribution in [0.4, 0.5) is 4.39 Å². The summed E-state index contributed by atoms with van der Waals surface area (Å²) in [7, 11) is 0. The molecular weight excluding hydrogens is 349 g/mol. The highest BCUT2D eigenvalue weighted by atomic mass is 19.1. The van der Waals surface area contributed by atoms with Crippen LogP contribution in [0.2, 0.25) is 0 Å². The SMILES string of the molecule is CCc1cccc(CN2CCNC(c3ccc(F)cc3)/C2=N/C2CCCC2)c1. The smallest absolute Gasteiger partial charge is 0.123 e. The summed E-state index contributed by atoms with van der Waals surface area (Å²) in [6.07, 6.45) is 5.96. The average Bonchev–Trinajstić information content (AvgIpc) is 3.23. The normalized spacial score (nSPS) is 22.1. The van der Waals surface area contributed by atoms with Gasteiger partial charge in [0.05, 0.1) is 12.1 Å². The van der Waals surface area contributed by atoms with Crippen LogP contribution in [0.3, 0.4) is 0 Å². The van der Waals surface area contributed by atoms with Gasteiger partial charge >= 0.3 is 0 Å². The molecule has 0 spiro atoms. The van der Waals surface area contributed by atoms with E-state index in [1.807, 2.05) is 12.1 Å². The Hall–Kier alpha value is -2.20. The lowest BCUT2D eigenvalue weighted by Crippen LogP contribution is -2.50. The Morgan fingerprint density at radius 2 is 1.82 bits per heavy atom. The highest BCUT2D eigenvalue weighted by Gasteiger charge is 2.29. The van der Waals surface area contributed by atoms with E-state index in [2.05, 4.69) is 41.4 Å². The monoisotopic (exact) mass is 379 g/mol. The van der Waals surface area contributed by atoms with Gasteiger partial charge in [0.25, 0.3) is 0 Å². The molecule has 2 fully saturated rings. The summed E-state index contributed by atoms with van der Waals surface area (Å²) in [6.45, 7) is 4.92. The third-order valence-electron chi connectivity index (χ3n) is 5.93. The molecule has 0 bridgehead atoms. The first-order valence-corrected chi connectivity index (χ1v) is 10.6. The van der Waals surface area contributed by atoms with E-state index in [4.69, 9.17) is 4.99 Å². The number of aryl methyl sites for hydroxylation is 1. The van der Waals surface area contributed by atoms with Gasteiger partial charge in [-0.2, -0.15) is 0 Å². The molecule has 1 N–H and O–H groups in total. The number of piperazine rings is 1. The van der Waals surface area contributed by atoms with E-state index >= 15 is 0 Å². The molecule has 28 heavy (non-hydrogen) atoms. The molecule has 2 aromatic carbocycles. The van der Waals surface area contributed by atoms with Crippen molar-refractivity contribution in [3.8, 4) is 0 Å². The van der Waals surface area contributed by atoms with Crippen LogP contribution >= 0.6 is 0 Å². The largest absolute Gasteiger partial charge is 0.353 e. The highest BCUT2D eigenvalue weighted by Crippen LogP contribution is 2.27. The first-order valence-electron chi connectivity index (χ1n) is 10.6. The fourth-order valence-corrected chi connectivity index (χ4v) is 4.36. The minimum Gasteiger partial charge on any atom is -0.353 e. The predicted molar refractivity (Wildman–Crippen MR) is 113 cm³/mol. The third kappa shape index (κ3) is 4.44. The molecule has 0 aromatic heterocycles. The maximum Gasteiger partial charge on any atom is 0.123 e.